The van der Waals surface area contributed by atoms with Gasteiger partial charge in [-0.05, 0) is 30.3 Å². The molecule has 2 aromatic carbocycles. The first-order valence-corrected chi connectivity index (χ1v) is 9.22. The lowest BCUT2D eigenvalue weighted by Crippen LogP contribution is -2.46. The Bertz CT molecular complexity index is 910. The molecule has 2 aromatic rings. The Hall–Kier alpha value is -2.90. The summed E-state index contributed by atoms with van der Waals surface area (Å²) in [6.45, 7) is 4.02. The molecule has 0 aromatic heterocycles. The van der Waals surface area contributed by atoms with Crippen molar-refractivity contribution in [1.82, 2.24) is 10.2 Å². The fraction of sp³-hybridized carbons (Fsp3) is 0.250. The van der Waals surface area contributed by atoms with Crippen LogP contribution in [0.15, 0.2) is 42.5 Å². The lowest BCUT2D eigenvalue weighted by atomic mass is 10.1. The van der Waals surface area contributed by atoms with Gasteiger partial charge in [0.05, 0.1) is 16.1 Å². The fourth-order valence-electron chi connectivity index (χ4n) is 2.90. The monoisotopic (exact) mass is 401 g/mol. The number of hydrogen-bond acceptors (Lipinski definition) is 5. The lowest BCUT2D eigenvalue weighted by Gasteiger charge is -2.27. The van der Waals surface area contributed by atoms with Gasteiger partial charge < -0.3 is 20.3 Å². The first kappa shape index (κ1) is 19.9. The summed E-state index contributed by atoms with van der Waals surface area (Å²) in [5.74, 6) is -0.929. The van der Waals surface area contributed by atoms with E-state index in [0.717, 1.165) is 13.1 Å². The number of carbonyl (C=O) groups excluding carboxylic acids is 3. The van der Waals surface area contributed by atoms with Gasteiger partial charge >= 0.3 is 5.97 Å². The van der Waals surface area contributed by atoms with Crippen molar-refractivity contribution < 1.29 is 19.1 Å². The topological polar surface area (TPSA) is 87.7 Å². The number of amides is 2. The highest BCUT2D eigenvalue weighted by Gasteiger charge is 2.21. The Labute approximate surface area is 167 Å². The van der Waals surface area contributed by atoms with Crippen molar-refractivity contribution in [2.45, 2.75) is 6.92 Å². The average Bonchev–Trinajstić information content (AvgIpc) is 2.68. The van der Waals surface area contributed by atoms with Gasteiger partial charge in [-0.15, -0.1) is 0 Å². The Morgan fingerprint density at radius 1 is 1.07 bits per heavy atom. The number of nitrogens with one attached hydrogen (secondary N) is 2. The number of halogens is 1. The number of carbonyl (C=O) groups is 3. The molecule has 1 aliphatic heterocycles. The standard InChI is InChI=1S/C20H20ClN3O4/c1-13(25)28-18-5-3-2-4-16(18)19(26)23-14-6-7-15(17(21)12-14)20(27)24-10-8-22-9-11-24/h2-7,12,22H,8-11H2,1H3,(H,23,26). The van der Waals surface area contributed by atoms with Crippen molar-refractivity contribution in [3.8, 4) is 5.75 Å². The number of nitrogens with zero attached hydrogens (tertiary/aromatic N) is 1. The minimum atomic E-state index is -0.515. The summed E-state index contributed by atoms with van der Waals surface area (Å²) in [7, 11) is 0. The molecule has 1 heterocycles. The highest BCUT2D eigenvalue weighted by atomic mass is 35.5. The molecule has 0 spiro atoms. The third-order valence-electron chi connectivity index (χ3n) is 4.25. The highest BCUT2D eigenvalue weighted by molar-refractivity contribution is 6.34. The normalized spacial score (nSPS) is 13.7. The summed E-state index contributed by atoms with van der Waals surface area (Å²) in [5.41, 5.74) is 1.04. The van der Waals surface area contributed by atoms with Crippen LogP contribution in [-0.4, -0.2) is 48.9 Å². The third-order valence-corrected chi connectivity index (χ3v) is 4.56. The molecule has 146 valence electrons. The smallest absolute Gasteiger partial charge is 0.308 e. The van der Waals surface area contributed by atoms with E-state index >= 15 is 0 Å². The lowest BCUT2D eigenvalue weighted by molar-refractivity contribution is -0.131. The van der Waals surface area contributed by atoms with Gasteiger partial charge in [0.1, 0.15) is 5.75 Å². The van der Waals surface area contributed by atoms with Crippen LogP contribution in [0.2, 0.25) is 5.02 Å². The van der Waals surface area contributed by atoms with Gasteiger partial charge in [-0.1, -0.05) is 23.7 Å². The van der Waals surface area contributed by atoms with E-state index in [1.807, 2.05) is 0 Å². The van der Waals surface area contributed by atoms with E-state index in [-0.39, 0.29) is 22.2 Å². The van der Waals surface area contributed by atoms with Gasteiger partial charge in [0.15, 0.2) is 0 Å². The van der Waals surface area contributed by atoms with Crippen LogP contribution in [0.4, 0.5) is 5.69 Å². The molecule has 0 bridgehead atoms. The minimum absolute atomic E-state index is 0.135. The molecule has 0 aliphatic carbocycles. The van der Waals surface area contributed by atoms with E-state index in [1.165, 1.54) is 13.0 Å². The Morgan fingerprint density at radius 2 is 1.79 bits per heavy atom. The molecule has 7 nitrogen and oxygen atoms in total. The number of para-hydroxylation sites is 1. The first-order chi connectivity index (χ1) is 13.5. The van der Waals surface area contributed by atoms with Crippen LogP contribution in [-0.2, 0) is 4.79 Å². The zero-order valence-electron chi connectivity index (χ0n) is 15.3. The molecule has 0 unspecified atom stereocenters. The summed E-state index contributed by atoms with van der Waals surface area (Å²) in [4.78, 5) is 38.1. The summed E-state index contributed by atoms with van der Waals surface area (Å²) >= 11 is 6.29. The largest absolute Gasteiger partial charge is 0.426 e. The molecule has 0 radical (unpaired) electrons. The van der Waals surface area contributed by atoms with Gasteiger partial charge in [-0.3, -0.25) is 14.4 Å². The maximum atomic E-state index is 12.6. The van der Waals surface area contributed by atoms with Gasteiger partial charge in [-0.2, -0.15) is 0 Å². The minimum Gasteiger partial charge on any atom is -0.426 e. The molecule has 8 heteroatoms. The number of esters is 1. The van der Waals surface area contributed by atoms with E-state index in [2.05, 4.69) is 10.6 Å². The van der Waals surface area contributed by atoms with E-state index in [4.69, 9.17) is 16.3 Å². The SMILES string of the molecule is CC(=O)Oc1ccccc1C(=O)Nc1ccc(C(=O)N2CCNCC2)c(Cl)c1. The van der Waals surface area contributed by atoms with Gasteiger partial charge in [0.2, 0.25) is 0 Å². The molecule has 0 atom stereocenters. The molecule has 1 aliphatic rings. The Balaban J connectivity index is 1.75. The maximum absolute atomic E-state index is 12.6. The average molecular weight is 402 g/mol. The van der Waals surface area contributed by atoms with Crippen molar-refractivity contribution in [2.75, 3.05) is 31.5 Å². The van der Waals surface area contributed by atoms with Crippen LogP contribution in [0, 0.1) is 0 Å². The second-order valence-electron chi connectivity index (χ2n) is 6.28. The number of hydrogen-bond donors (Lipinski definition) is 2. The summed E-state index contributed by atoms with van der Waals surface area (Å²) < 4.78 is 5.06. The molecule has 2 N–H and O–H groups in total. The van der Waals surface area contributed by atoms with Gasteiger partial charge in [0, 0.05) is 38.8 Å². The van der Waals surface area contributed by atoms with Crippen LogP contribution in [0.25, 0.3) is 0 Å². The predicted molar refractivity (Wildman–Crippen MR) is 106 cm³/mol. The summed E-state index contributed by atoms with van der Waals surface area (Å²) in [5, 5.41) is 6.16. The summed E-state index contributed by atoms with van der Waals surface area (Å²) in [6, 6.07) is 11.2. The molecule has 3 rings (SSSR count). The quantitative estimate of drug-likeness (QED) is 0.607. The number of anilines is 1. The molecule has 1 saturated heterocycles. The van der Waals surface area contributed by atoms with Crippen molar-refractivity contribution in [3.63, 3.8) is 0 Å². The first-order valence-electron chi connectivity index (χ1n) is 8.84. The highest BCUT2D eigenvalue weighted by Crippen LogP contribution is 2.25. The number of ether oxygens (including phenoxy) is 1. The van der Waals surface area contributed by atoms with Crippen molar-refractivity contribution in [3.05, 3.63) is 58.6 Å². The number of piperazine rings is 1. The second kappa shape index (κ2) is 8.86. The van der Waals surface area contributed by atoms with Crippen LogP contribution >= 0.6 is 11.6 Å². The van der Waals surface area contributed by atoms with E-state index in [0.29, 0.717) is 24.3 Å². The van der Waals surface area contributed by atoms with Gasteiger partial charge in [0.25, 0.3) is 11.8 Å². The summed E-state index contributed by atoms with van der Waals surface area (Å²) in [6.07, 6.45) is 0. The molecule has 28 heavy (non-hydrogen) atoms. The molecule has 2 amide bonds. The number of rotatable bonds is 4. The Kier molecular flexibility index (Phi) is 6.28. The zero-order valence-corrected chi connectivity index (χ0v) is 16.1. The van der Waals surface area contributed by atoms with E-state index < -0.39 is 11.9 Å². The maximum Gasteiger partial charge on any atom is 0.308 e. The van der Waals surface area contributed by atoms with Crippen molar-refractivity contribution in [2.24, 2.45) is 0 Å². The molecular weight excluding hydrogens is 382 g/mol. The molecular formula is C20H20ClN3O4. The van der Waals surface area contributed by atoms with Crippen LogP contribution in [0.1, 0.15) is 27.6 Å². The van der Waals surface area contributed by atoms with Crippen molar-refractivity contribution in [1.29, 1.82) is 0 Å². The number of benzene rings is 2. The second-order valence-corrected chi connectivity index (χ2v) is 6.69. The fourth-order valence-corrected chi connectivity index (χ4v) is 3.16. The Morgan fingerprint density at radius 3 is 2.46 bits per heavy atom. The third kappa shape index (κ3) is 4.68. The van der Waals surface area contributed by atoms with Crippen LogP contribution < -0.4 is 15.4 Å². The molecule has 0 saturated carbocycles. The van der Waals surface area contributed by atoms with E-state index in [9.17, 15) is 14.4 Å². The van der Waals surface area contributed by atoms with E-state index in [1.54, 1.807) is 41.3 Å². The van der Waals surface area contributed by atoms with Crippen LogP contribution in [0.5, 0.6) is 5.75 Å². The van der Waals surface area contributed by atoms with Gasteiger partial charge in [-0.25, -0.2) is 0 Å². The predicted octanol–water partition coefficient (Wildman–Crippen LogP) is 2.56. The van der Waals surface area contributed by atoms with Crippen molar-refractivity contribution >= 4 is 35.1 Å². The van der Waals surface area contributed by atoms with Crippen LogP contribution in [0.3, 0.4) is 0 Å². The molecule has 1 fully saturated rings. The zero-order chi connectivity index (χ0) is 20.1.